The van der Waals surface area contributed by atoms with Crippen molar-refractivity contribution in [2.45, 2.75) is 6.18 Å². The van der Waals surface area contributed by atoms with Gasteiger partial charge in [-0.3, -0.25) is 4.79 Å². The molecule has 1 amide bonds. The highest BCUT2D eigenvalue weighted by Gasteiger charge is 2.35. The predicted octanol–water partition coefficient (Wildman–Crippen LogP) is 4.83. The summed E-state index contributed by atoms with van der Waals surface area (Å²) >= 11 is 6.26. The third-order valence-corrected chi connectivity index (χ3v) is 6.04. The Labute approximate surface area is 214 Å². The van der Waals surface area contributed by atoms with Crippen LogP contribution >= 0.6 is 11.6 Å². The summed E-state index contributed by atoms with van der Waals surface area (Å²) in [5, 5.41) is 5.77. The zero-order chi connectivity index (χ0) is 26.0. The number of halogens is 4. The Bertz CT molecular complexity index is 1320. The monoisotopic (exact) mass is 535 g/mol. The molecule has 0 spiro atoms. The van der Waals surface area contributed by atoms with Gasteiger partial charge in [0.15, 0.2) is 5.82 Å². The Morgan fingerprint density at radius 2 is 1.92 bits per heavy atom. The van der Waals surface area contributed by atoms with E-state index in [4.69, 9.17) is 25.8 Å². The summed E-state index contributed by atoms with van der Waals surface area (Å²) in [5.74, 6) is 0.339. The third kappa shape index (κ3) is 5.49. The number of amides is 1. The van der Waals surface area contributed by atoms with Gasteiger partial charge < -0.3 is 29.7 Å². The normalized spacial score (nSPS) is 15.3. The summed E-state index contributed by atoms with van der Waals surface area (Å²) in [6.45, 7) is 2.34. The fourth-order valence-corrected chi connectivity index (χ4v) is 4.12. The first kappa shape index (κ1) is 24.9. The van der Waals surface area contributed by atoms with E-state index in [-0.39, 0.29) is 33.6 Å². The number of hydrogen-bond donors (Lipinski definition) is 2. The lowest BCUT2D eigenvalue weighted by Gasteiger charge is -2.31. The molecule has 194 valence electrons. The second kappa shape index (κ2) is 10.3. The van der Waals surface area contributed by atoms with Gasteiger partial charge in [-0.1, -0.05) is 11.6 Å². The van der Waals surface area contributed by atoms with Crippen LogP contribution in [0.1, 0.15) is 15.9 Å². The number of benzene rings is 2. The molecule has 0 unspecified atom stereocenters. The average molecular weight is 536 g/mol. The summed E-state index contributed by atoms with van der Waals surface area (Å²) < 4.78 is 58.1. The molecule has 13 heteroatoms. The highest BCUT2D eigenvalue weighted by atomic mass is 35.5. The topological polar surface area (TPSA) is 97.8 Å². The highest BCUT2D eigenvalue weighted by Crippen LogP contribution is 2.40. The number of nitrogens with zero attached hydrogens (tertiary/aromatic N) is 3. The minimum atomic E-state index is -4.61. The molecule has 2 aliphatic rings. The van der Waals surface area contributed by atoms with Crippen LogP contribution < -0.4 is 25.0 Å². The number of carbonyl (C=O) groups is 1. The summed E-state index contributed by atoms with van der Waals surface area (Å²) in [7, 11) is 0. The number of rotatable bonds is 5. The van der Waals surface area contributed by atoms with Crippen LogP contribution in [0.15, 0.2) is 42.7 Å². The quantitative estimate of drug-likeness (QED) is 0.479. The lowest BCUT2D eigenvalue weighted by atomic mass is 10.1. The molecule has 0 aliphatic carbocycles. The Morgan fingerprint density at radius 1 is 1.11 bits per heavy atom. The van der Waals surface area contributed by atoms with E-state index >= 15 is 0 Å². The number of nitrogens with one attached hydrogen (secondary N) is 2. The summed E-state index contributed by atoms with van der Waals surface area (Å²) in [5.41, 5.74) is -0.682. The van der Waals surface area contributed by atoms with Crippen LogP contribution in [0.3, 0.4) is 0 Å². The molecule has 0 atom stereocenters. The molecule has 2 aliphatic heterocycles. The largest absolute Gasteiger partial charge is 0.483 e. The van der Waals surface area contributed by atoms with Crippen molar-refractivity contribution < 1.29 is 32.2 Å². The smallest absolute Gasteiger partial charge is 0.418 e. The van der Waals surface area contributed by atoms with E-state index in [9.17, 15) is 18.0 Å². The van der Waals surface area contributed by atoms with Crippen molar-refractivity contribution >= 4 is 34.7 Å². The number of fused-ring (bicyclic) bond motifs is 1. The van der Waals surface area contributed by atoms with Crippen molar-refractivity contribution in [1.82, 2.24) is 9.97 Å². The van der Waals surface area contributed by atoms with Gasteiger partial charge in [0, 0.05) is 30.0 Å². The first-order valence-corrected chi connectivity index (χ1v) is 11.7. The van der Waals surface area contributed by atoms with Gasteiger partial charge in [-0.15, -0.1) is 0 Å². The van der Waals surface area contributed by atoms with Crippen molar-refractivity contribution in [3.8, 4) is 17.4 Å². The maximum Gasteiger partial charge on any atom is 0.418 e. The van der Waals surface area contributed by atoms with Crippen molar-refractivity contribution in [1.29, 1.82) is 0 Å². The zero-order valence-corrected chi connectivity index (χ0v) is 20.0. The van der Waals surface area contributed by atoms with Crippen molar-refractivity contribution in [3.05, 3.63) is 58.9 Å². The minimum absolute atomic E-state index is 0.00361. The number of aromatic nitrogens is 2. The van der Waals surface area contributed by atoms with Crippen LogP contribution in [0.25, 0.3) is 0 Å². The van der Waals surface area contributed by atoms with E-state index < -0.39 is 17.6 Å². The van der Waals surface area contributed by atoms with Gasteiger partial charge in [-0.2, -0.15) is 18.2 Å². The van der Waals surface area contributed by atoms with Crippen molar-refractivity contribution in [3.63, 3.8) is 0 Å². The maximum absolute atomic E-state index is 13.8. The number of ether oxygens (including phenoxy) is 3. The number of anilines is 3. The van der Waals surface area contributed by atoms with E-state index in [2.05, 4.69) is 20.6 Å². The predicted molar refractivity (Wildman–Crippen MR) is 130 cm³/mol. The van der Waals surface area contributed by atoms with Crippen molar-refractivity contribution in [2.24, 2.45) is 0 Å². The minimum Gasteiger partial charge on any atom is -0.483 e. The molecule has 1 aromatic heterocycles. The third-order valence-electron chi connectivity index (χ3n) is 5.72. The summed E-state index contributed by atoms with van der Waals surface area (Å²) in [4.78, 5) is 22.7. The Morgan fingerprint density at radius 3 is 2.70 bits per heavy atom. The van der Waals surface area contributed by atoms with Gasteiger partial charge in [-0.05, 0) is 36.4 Å². The van der Waals surface area contributed by atoms with E-state index in [1.165, 1.54) is 36.7 Å². The van der Waals surface area contributed by atoms with Gasteiger partial charge >= 0.3 is 6.18 Å². The van der Waals surface area contributed by atoms with Crippen LogP contribution in [0, 0.1) is 0 Å². The Kier molecular flexibility index (Phi) is 6.94. The summed E-state index contributed by atoms with van der Waals surface area (Å²) in [6.07, 6.45) is -3.32. The molecule has 3 heterocycles. The molecule has 1 fully saturated rings. The first-order chi connectivity index (χ1) is 17.8. The standard InChI is InChI=1S/C24H21ClF3N5O4/c25-17-3-1-14(11-19(17)37-23-20-21(30-13-31-23)29-5-8-36-20)22(34)32-15-2-4-18(16(12-15)24(26,27)28)33-6-9-35-10-7-33/h1-4,11-13H,5-10H2,(H,32,34)(H,29,30,31). The summed E-state index contributed by atoms with van der Waals surface area (Å²) in [6, 6.07) is 7.96. The van der Waals surface area contributed by atoms with Gasteiger partial charge in [0.1, 0.15) is 18.7 Å². The SMILES string of the molecule is O=C(Nc1ccc(N2CCOCC2)c(C(F)(F)F)c1)c1ccc(Cl)c(Oc2ncnc3c2OCCN3)c1. The molecule has 9 nitrogen and oxygen atoms in total. The molecule has 0 saturated carbocycles. The van der Waals surface area contributed by atoms with Crippen LogP contribution in [0.5, 0.6) is 17.4 Å². The van der Waals surface area contributed by atoms with Gasteiger partial charge in [-0.25, -0.2) is 4.98 Å². The van der Waals surface area contributed by atoms with E-state index in [1.54, 1.807) is 4.90 Å². The molecular weight excluding hydrogens is 515 g/mol. The average Bonchev–Trinajstić information content (AvgIpc) is 2.90. The van der Waals surface area contributed by atoms with E-state index in [0.717, 1.165) is 6.07 Å². The molecule has 5 rings (SSSR count). The van der Waals surface area contributed by atoms with E-state index in [1.807, 2.05) is 0 Å². The fraction of sp³-hybridized carbons (Fsp3) is 0.292. The lowest BCUT2D eigenvalue weighted by Crippen LogP contribution is -2.37. The molecule has 0 bridgehead atoms. The maximum atomic E-state index is 13.8. The van der Waals surface area contributed by atoms with Crippen LogP contribution in [0.2, 0.25) is 5.02 Å². The number of carbonyl (C=O) groups excluding carboxylic acids is 1. The van der Waals surface area contributed by atoms with Crippen LogP contribution in [0.4, 0.5) is 30.4 Å². The Balaban J connectivity index is 1.37. The van der Waals surface area contributed by atoms with Gasteiger partial charge in [0.05, 0.1) is 30.3 Å². The molecule has 0 radical (unpaired) electrons. The van der Waals surface area contributed by atoms with Crippen LogP contribution in [-0.2, 0) is 10.9 Å². The second-order valence-electron chi connectivity index (χ2n) is 8.16. The highest BCUT2D eigenvalue weighted by molar-refractivity contribution is 6.32. The number of alkyl halides is 3. The zero-order valence-electron chi connectivity index (χ0n) is 19.3. The number of hydrogen-bond acceptors (Lipinski definition) is 8. The fourth-order valence-electron chi connectivity index (χ4n) is 3.96. The second-order valence-corrected chi connectivity index (χ2v) is 8.57. The molecule has 2 N–H and O–H groups in total. The molecule has 1 saturated heterocycles. The number of morpholine rings is 1. The van der Waals surface area contributed by atoms with Gasteiger partial charge in [0.2, 0.25) is 5.75 Å². The van der Waals surface area contributed by atoms with Crippen LogP contribution in [-0.4, -0.2) is 55.3 Å². The molecule has 37 heavy (non-hydrogen) atoms. The molecular formula is C24H21ClF3N5O4. The molecule has 3 aromatic rings. The lowest BCUT2D eigenvalue weighted by molar-refractivity contribution is -0.137. The first-order valence-electron chi connectivity index (χ1n) is 11.3. The van der Waals surface area contributed by atoms with Gasteiger partial charge in [0.25, 0.3) is 11.8 Å². The Hall–Kier alpha value is -3.77. The van der Waals surface area contributed by atoms with E-state index in [0.29, 0.717) is 51.0 Å². The van der Waals surface area contributed by atoms with Crippen molar-refractivity contribution in [2.75, 3.05) is 55.0 Å². The molecule has 2 aromatic carbocycles.